The van der Waals surface area contributed by atoms with Gasteiger partial charge in [-0.25, -0.2) is 4.79 Å². The molecule has 0 aromatic carbocycles. The molecule has 1 N–H and O–H groups in total. The van der Waals surface area contributed by atoms with Gasteiger partial charge in [-0.1, -0.05) is 39.5 Å². The van der Waals surface area contributed by atoms with Gasteiger partial charge in [-0.3, -0.25) is 4.79 Å². The molecule has 0 unspecified atom stereocenters. The Morgan fingerprint density at radius 1 is 0.944 bits per heavy atom. The van der Waals surface area contributed by atoms with E-state index in [1.54, 1.807) is 4.90 Å². The Morgan fingerprint density at radius 3 is 1.83 bits per heavy atom. The molecule has 4 nitrogen and oxygen atoms in total. The molecule has 0 saturated carbocycles. The number of carbonyl (C=O) groups is 2. The van der Waals surface area contributed by atoms with Gasteiger partial charge in [0.2, 0.25) is 5.91 Å². The van der Waals surface area contributed by atoms with E-state index in [9.17, 15) is 9.59 Å². The lowest BCUT2D eigenvalue weighted by Gasteiger charge is -2.21. The highest BCUT2D eigenvalue weighted by Crippen LogP contribution is 2.04. The average molecular weight is 255 g/mol. The molecule has 0 rings (SSSR count). The molecule has 0 spiro atoms. The smallest absolute Gasteiger partial charge is 0.328 e. The standard InChI is InChI=1S/C14H25NO3/c1-3-5-7-11-15(12-8-6-4-2)13(16)9-10-14(17)18/h9-10H,3-8,11-12H2,1-2H3,(H,17,18). The summed E-state index contributed by atoms with van der Waals surface area (Å²) in [5.41, 5.74) is 0. The Morgan fingerprint density at radius 2 is 1.44 bits per heavy atom. The van der Waals surface area contributed by atoms with E-state index in [1.165, 1.54) is 0 Å². The van der Waals surface area contributed by atoms with Crippen LogP contribution in [0.3, 0.4) is 0 Å². The van der Waals surface area contributed by atoms with Crippen molar-refractivity contribution in [1.29, 1.82) is 0 Å². The summed E-state index contributed by atoms with van der Waals surface area (Å²) in [6, 6.07) is 0. The minimum atomic E-state index is -1.08. The summed E-state index contributed by atoms with van der Waals surface area (Å²) in [5, 5.41) is 8.51. The van der Waals surface area contributed by atoms with Crippen molar-refractivity contribution in [3.05, 3.63) is 12.2 Å². The Bertz CT molecular complexity index is 264. The fourth-order valence-corrected chi connectivity index (χ4v) is 1.69. The number of amides is 1. The fourth-order valence-electron chi connectivity index (χ4n) is 1.69. The molecule has 0 heterocycles. The molecule has 0 aromatic heterocycles. The first-order valence-corrected chi connectivity index (χ1v) is 6.81. The van der Waals surface area contributed by atoms with Crippen LogP contribution in [0.1, 0.15) is 52.4 Å². The molecular formula is C14H25NO3. The van der Waals surface area contributed by atoms with Gasteiger partial charge in [-0.05, 0) is 12.8 Å². The fraction of sp³-hybridized carbons (Fsp3) is 0.714. The quantitative estimate of drug-likeness (QED) is 0.482. The van der Waals surface area contributed by atoms with Gasteiger partial charge in [0.25, 0.3) is 0 Å². The van der Waals surface area contributed by atoms with Gasteiger partial charge in [-0.15, -0.1) is 0 Å². The average Bonchev–Trinajstić information content (AvgIpc) is 2.34. The molecule has 4 heteroatoms. The van der Waals surface area contributed by atoms with Gasteiger partial charge < -0.3 is 10.0 Å². The van der Waals surface area contributed by atoms with Crippen LogP contribution < -0.4 is 0 Å². The van der Waals surface area contributed by atoms with Gasteiger partial charge in [0, 0.05) is 25.2 Å². The van der Waals surface area contributed by atoms with Crippen molar-refractivity contribution in [2.24, 2.45) is 0 Å². The highest BCUT2D eigenvalue weighted by molar-refractivity contribution is 5.93. The molecule has 0 bridgehead atoms. The van der Waals surface area contributed by atoms with Gasteiger partial charge >= 0.3 is 5.97 Å². The van der Waals surface area contributed by atoms with Gasteiger partial charge in [0.1, 0.15) is 0 Å². The van der Waals surface area contributed by atoms with Crippen LogP contribution in [0.4, 0.5) is 0 Å². The molecule has 0 saturated heterocycles. The SMILES string of the molecule is CCCCCN(CCCCC)C(=O)C=CC(=O)O. The predicted molar refractivity (Wildman–Crippen MR) is 72.4 cm³/mol. The van der Waals surface area contributed by atoms with E-state index in [-0.39, 0.29) is 5.91 Å². The normalized spacial score (nSPS) is 10.8. The number of unbranched alkanes of at least 4 members (excludes halogenated alkanes) is 4. The van der Waals surface area contributed by atoms with E-state index >= 15 is 0 Å². The maximum absolute atomic E-state index is 11.8. The molecule has 0 aliphatic carbocycles. The van der Waals surface area contributed by atoms with Crippen molar-refractivity contribution in [2.75, 3.05) is 13.1 Å². The molecule has 0 radical (unpaired) electrons. The lowest BCUT2D eigenvalue weighted by Crippen LogP contribution is -2.31. The molecule has 0 fully saturated rings. The highest BCUT2D eigenvalue weighted by Gasteiger charge is 2.09. The lowest BCUT2D eigenvalue weighted by atomic mass is 10.2. The largest absolute Gasteiger partial charge is 0.478 e. The first-order chi connectivity index (χ1) is 8.61. The van der Waals surface area contributed by atoms with Crippen LogP contribution in [0.25, 0.3) is 0 Å². The zero-order chi connectivity index (χ0) is 13.8. The first kappa shape index (κ1) is 16.7. The number of carbonyl (C=O) groups excluding carboxylic acids is 1. The minimum Gasteiger partial charge on any atom is -0.478 e. The molecule has 0 aromatic rings. The number of hydrogen-bond acceptors (Lipinski definition) is 2. The van der Waals surface area contributed by atoms with Crippen LogP contribution in [-0.2, 0) is 9.59 Å². The van der Waals surface area contributed by atoms with E-state index in [0.717, 1.165) is 63.8 Å². The van der Waals surface area contributed by atoms with Crippen molar-refractivity contribution >= 4 is 11.9 Å². The molecule has 0 atom stereocenters. The van der Waals surface area contributed by atoms with Crippen molar-refractivity contribution in [3.8, 4) is 0 Å². The molecule has 1 amide bonds. The summed E-state index contributed by atoms with van der Waals surface area (Å²) in [6.07, 6.45) is 8.45. The van der Waals surface area contributed by atoms with E-state index in [0.29, 0.717) is 0 Å². The Kier molecular flexibility index (Phi) is 10.0. The summed E-state index contributed by atoms with van der Waals surface area (Å²) in [6.45, 7) is 5.68. The van der Waals surface area contributed by atoms with E-state index in [4.69, 9.17) is 5.11 Å². The number of carboxylic acids is 1. The number of carboxylic acid groups (broad SMARTS) is 1. The van der Waals surface area contributed by atoms with E-state index < -0.39 is 5.97 Å². The number of rotatable bonds is 10. The Labute approximate surface area is 110 Å². The summed E-state index contributed by atoms with van der Waals surface area (Å²) < 4.78 is 0. The zero-order valence-electron chi connectivity index (χ0n) is 11.5. The Balaban J connectivity index is 4.24. The second-order valence-corrected chi connectivity index (χ2v) is 4.41. The van der Waals surface area contributed by atoms with Crippen molar-refractivity contribution in [3.63, 3.8) is 0 Å². The zero-order valence-corrected chi connectivity index (χ0v) is 11.5. The third-order valence-electron chi connectivity index (χ3n) is 2.74. The maximum Gasteiger partial charge on any atom is 0.328 e. The van der Waals surface area contributed by atoms with Gasteiger partial charge in [-0.2, -0.15) is 0 Å². The van der Waals surface area contributed by atoms with Crippen LogP contribution >= 0.6 is 0 Å². The predicted octanol–water partition coefficient (Wildman–Crippen LogP) is 2.84. The Hall–Kier alpha value is -1.32. The highest BCUT2D eigenvalue weighted by atomic mass is 16.4. The van der Waals surface area contributed by atoms with E-state index in [2.05, 4.69) is 13.8 Å². The van der Waals surface area contributed by atoms with Gasteiger partial charge in [0.05, 0.1) is 0 Å². The molecule has 0 aliphatic heterocycles. The molecule has 18 heavy (non-hydrogen) atoms. The number of nitrogens with zero attached hydrogens (tertiary/aromatic N) is 1. The lowest BCUT2D eigenvalue weighted by molar-refractivity contribution is -0.132. The van der Waals surface area contributed by atoms with Crippen LogP contribution in [0.5, 0.6) is 0 Å². The maximum atomic E-state index is 11.8. The van der Waals surface area contributed by atoms with Crippen LogP contribution in [-0.4, -0.2) is 35.0 Å². The monoisotopic (exact) mass is 255 g/mol. The van der Waals surface area contributed by atoms with Crippen LogP contribution in [0.15, 0.2) is 12.2 Å². The van der Waals surface area contributed by atoms with Gasteiger partial charge in [0.15, 0.2) is 0 Å². The summed E-state index contributed by atoms with van der Waals surface area (Å²) in [5.74, 6) is -1.27. The third kappa shape index (κ3) is 8.79. The third-order valence-corrected chi connectivity index (χ3v) is 2.74. The summed E-state index contributed by atoms with van der Waals surface area (Å²) >= 11 is 0. The minimum absolute atomic E-state index is 0.190. The second-order valence-electron chi connectivity index (χ2n) is 4.41. The van der Waals surface area contributed by atoms with Crippen molar-refractivity contribution in [1.82, 2.24) is 4.90 Å². The van der Waals surface area contributed by atoms with Crippen LogP contribution in [0, 0.1) is 0 Å². The molecule has 0 aliphatic rings. The number of aliphatic carboxylic acids is 1. The molecular weight excluding hydrogens is 230 g/mol. The second kappa shape index (κ2) is 10.8. The van der Waals surface area contributed by atoms with Crippen molar-refractivity contribution < 1.29 is 14.7 Å². The molecule has 104 valence electrons. The van der Waals surface area contributed by atoms with E-state index in [1.807, 2.05) is 0 Å². The number of hydrogen-bond donors (Lipinski definition) is 1. The van der Waals surface area contributed by atoms with Crippen LogP contribution in [0.2, 0.25) is 0 Å². The first-order valence-electron chi connectivity index (χ1n) is 6.81. The van der Waals surface area contributed by atoms with Crippen molar-refractivity contribution in [2.45, 2.75) is 52.4 Å². The summed E-state index contributed by atoms with van der Waals surface area (Å²) in [7, 11) is 0. The summed E-state index contributed by atoms with van der Waals surface area (Å²) in [4.78, 5) is 24.0. The topological polar surface area (TPSA) is 57.6 Å².